The fourth-order valence-corrected chi connectivity index (χ4v) is 8.05. The number of amides is 7. The van der Waals surface area contributed by atoms with Crippen molar-refractivity contribution in [1.82, 2.24) is 36.6 Å². The molecule has 0 aliphatic rings. The van der Waals surface area contributed by atoms with Crippen LogP contribution in [0.25, 0.3) is 0 Å². The van der Waals surface area contributed by atoms with Gasteiger partial charge in [0, 0.05) is 68.8 Å². The number of carbonyl (C=O) groups is 8. The lowest BCUT2D eigenvalue weighted by atomic mass is 10.0. The number of nitro groups is 1. The molecule has 0 aliphatic carbocycles. The first-order valence-corrected chi connectivity index (χ1v) is 31.4. The molecule has 0 radical (unpaired) electrons. The van der Waals surface area contributed by atoms with Crippen LogP contribution in [0.3, 0.4) is 0 Å². The van der Waals surface area contributed by atoms with Gasteiger partial charge in [0.05, 0.1) is 110 Å². The van der Waals surface area contributed by atoms with E-state index in [0.717, 1.165) is 18.4 Å². The normalized spacial score (nSPS) is 12.0. The Morgan fingerprint density at radius 1 is 0.641 bits per heavy atom. The minimum absolute atomic E-state index is 0.00678. The van der Waals surface area contributed by atoms with Crippen LogP contribution in [0.2, 0.25) is 0 Å². The number of nitro benzene ring substituents is 1. The molecule has 0 unspecified atom stereocenters. The van der Waals surface area contributed by atoms with Gasteiger partial charge in [-0.05, 0) is 61.4 Å². The van der Waals surface area contributed by atoms with Gasteiger partial charge < -0.3 is 89.8 Å². The summed E-state index contributed by atoms with van der Waals surface area (Å²) in [5, 5.41) is 26.5. The van der Waals surface area contributed by atoms with E-state index in [1.54, 1.807) is 26.0 Å². The number of carbonyl (C=O) groups excluding carboxylic acids is 8. The van der Waals surface area contributed by atoms with E-state index >= 15 is 0 Å². The Morgan fingerprint density at radius 3 is 1.71 bits per heavy atom. The largest absolute Gasteiger partial charge is 0.514 e. The van der Waals surface area contributed by atoms with E-state index in [9.17, 15) is 56.9 Å². The molecular weight excluding hydrogens is 1230 g/mol. The number of urea groups is 1. The second-order valence-electron chi connectivity index (χ2n) is 20.0. The first-order chi connectivity index (χ1) is 44.2. The van der Waals surface area contributed by atoms with Gasteiger partial charge in [-0.1, -0.05) is 37.8 Å². The number of non-ortho nitro benzene ring substituents is 1. The SMILES string of the molecule is CC(C)[C@H](NC(=O)[C@H](CCC(=O)NCCOCCOCCOCCOCCOCCOCCOCCOCC=O)NC(=O)CCCC#Cc1cnc(S(C)(=O)=O)nc1)C(=O)N[C@@H](CCCNC(N)=O)C(=O)Nc1ccc(COC(=O)Oc2ccc([N+](=O)[O-])cc2)cc1. The molecule has 3 aromatic rings. The van der Waals surface area contributed by atoms with Crippen molar-refractivity contribution in [1.29, 1.82) is 0 Å². The number of aldehydes is 1. The van der Waals surface area contributed by atoms with Gasteiger partial charge >= 0.3 is 12.2 Å². The third kappa shape index (κ3) is 36.5. The van der Waals surface area contributed by atoms with E-state index in [-0.39, 0.29) is 113 Å². The van der Waals surface area contributed by atoms with Crippen LogP contribution in [0.1, 0.15) is 69.9 Å². The average Bonchev–Trinajstić information content (AvgIpc) is 2.01. The van der Waals surface area contributed by atoms with Crippen LogP contribution in [-0.2, 0) is 87.8 Å². The van der Waals surface area contributed by atoms with Crippen molar-refractivity contribution in [2.75, 3.05) is 130 Å². The van der Waals surface area contributed by atoms with Gasteiger partial charge in [-0.25, -0.2) is 28.0 Å². The van der Waals surface area contributed by atoms with Gasteiger partial charge in [-0.2, -0.15) is 0 Å². The highest BCUT2D eigenvalue weighted by atomic mass is 32.2. The molecule has 0 bridgehead atoms. The maximum absolute atomic E-state index is 14.1. The molecule has 3 atom stereocenters. The van der Waals surface area contributed by atoms with Crippen LogP contribution in [-0.4, -0.2) is 214 Å². The highest BCUT2D eigenvalue weighted by molar-refractivity contribution is 7.90. The Kier molecular flexibility index (Phi) is 39.5. The van der Waals surface area contributed by atoms with Gasteiger partial charge in [0.15, 0.2) is 0 Å². The third-order valence-electron chi connectivity index (χ3n) is 12.2. The molecule has 32 nitrogen and oxygen atoms in total. The molecule has 2 aromatic carbocycles. The molecule has 508 valence electrons. The summed E-state index contributed by atoms with van der Waals surface area (Å²) in [5.41, 5.74) is 6.16. The molecule has 0 spiro atoms. The number of hydrogen-bond donors (Lipinski definition) is 7. The average molecular weight is 1320 g/mol. The molecule has 0 saturated heterocycles. The number of hydrogen-bond acceptors (Lipinski definition) is 24. The number of benzene rings is 2. The Balaban J connectivity index is 1.50. The fourth-order valence-electron chi connectivity index (χ4n) is 7.56. The van der Waals surface area contributed by atoms with E-state index < -0.39 is 80.5 Å². The van der Waals surface area contributed by atoms with Crippen LogP contribution in [0.15, 0.2) is 66.1 Å². The standard InChI is InChI=1S/C59H84N10O22S/c1-43(2)53(56(75)67-49(9-7-21-62-57(60)76)54(73)65-46-13-11-44(12-14-46)42-90-59(77)91-48-17-15-47(16-18-48)69(78)79)68-55(74)50(66-52(72)10-6-4-5-8-45-40-63-58(64-41-45)92(3,80)81)19-20-51(71)61-22-24-82-26-28-84-30-32-86-34-36-88-38-39-89-37-35-87-33-31-85-29-27-83-25-23-70/h11-18,23,40-41,43,49-50,53H,4,6-7,9-10,19-22,24-39,42H2,1-3H3,(H,61,71)(H,65,73)(H,66,72)(H,67,75)(H,68,74)(H3,60,62,76)/t49-,50-,53-/m0/s1. The van der Waals surface area contributed by atoms with Crippen molar-refractivity contribution in [2.45, 2.75) is 88.7 Å². The number of nitrogens with zero attached hydrogens (tertiary/aromatic N) is 3. The number of unbranched alkanes of at least 4 members (excludes halogenated alkanes) is 1. The minimum atomic E-state index is -3.61. The van der Waals surface area contributed by atoms with Crippen molar-refractivity contribution < 1.29 is 99.1 Å². The minimum Gasteiger partial charge on any atom is -0.429 e. The van der Waals surface area contributed by atoms with Gasteiger partial charge in [0.2, 0.25) is 44.5 Å². The Morgan fingerprint density at radius 2 is 1.18 bits per heavy atom. The lowest BCUT2D eigenvalue weighted by Gasteiger charge is -2.27. The monoisotopic (exact) mass is 1320 g/mol. The zero-order valence-corrected chi connectivity index (χ0v) is 52.7. The Hall–Kier alpha value is -8.33. The van der Waals surface area contributed by atoms with Crippen molar-refractivity contribution in [3.8, 4) is 17.6 Å². The van der Waals surface area contributed by atoms with Crippen molar-refractivity contribution in [3.63, 3.8) is 0 Å². The predicted octanol–water partition coefficient (Wildman–Crippen LogP) is 1.45. The molecule has 3 rings (SSSR count). The predicted molar refractivity (Wildman–Crippen MR) is 327 cm³/mol. The molecule has 7 amide bonds. The third-order valence-corrected chi connectivity index (χ3v) is 13.1. The molecule has 33 heteroatoms. The zero-order valence-electron chi connectivity index (χ0n) is 51.9. The number of ether oxygens (including phenoxy) is 10. The first-order valence-electron chi connectivity index (χ1n) is 29.5. The quantitative estimate of drug-likeness (QED) is 0.00615. The Bertz CT molecular complexity index is 2900. The number of sulfone groups is 1. The topological polar surface area (TPSA) is 430 Å². The summed E-state index contributed by atoms with van der Waals surface area (Å²) in [6.45, 7) is 8.50. The number of nitrogens with one attached hydrogen (secondary N) is 6. The summed E-state index contributed by atoms with van der Waals surface area (Å²) in [5.74, 6) is 1.84. The van der Waals surface area contributed by atoms with E-state index in [0.29, 0.717) is 96.7 Å². The Labute approximate surface area is 533 Å². The smallest absolute Gasteiger partial charge is 0.429 e. The molecule has 0 aliphatic heterocycles. The molecule has 1 aromatic heterocycles. The maximum Gasteiger partial charge on any atom is 0.514 e. The number of anilines is 1. The summed E-state index contributed by atoms with van der Waals surface area (Å²) in [6.07, 6.45) is 3.21. The van der Waals surface area contributed by atoms with Gasteiger partial charge in [0.1, 0.15) is 43.4 Å². The van der Waals surface area contributed by atoms with Gasteiger partial charge in [0.25, 0.3) is 5.69 Å². The van der Waals surface area contributed by atoms with Crippen LogP contribution >= 0.6 is 0 Å². The fraction of sp³-hybridized carbons (Fsp3) is 0.559. The van der Waals surface area contributed by atoms with E-state index in [1.165, 1.54) is 36.7 Å². The van der Waals surface area contributed by atoms with Crippen LogP contribution in [0, 0.1) is 27.9 Å². The second-order valence-corrected chi connectivity index (χ2v) is 21.9. The van der Waals surface area contributed by atoms with E-state index in [1.807, 2.05) is 0 Å². The van der Waals surface area contributed by atoms with Crippen molar-refractivity contribution in [3.05, 3.63) is 82.2 Å². The second kappa shape index (κ2) is 46.7. The number of nitrogens with two attached hydrogens (primary N) is 1. The maximum atomic E-state index is 14.1. The van der Waals surface area contributed by atoms with Gasteiger partial charge in [-0.15, -0.1) is 0 Å². The van der Waals surface area contributed by atoms with Crippen molar-refractivity contribution in [2.24, 2.45) is 11.7 Å². The summed E-state index contributed by atoms with van der Waals surface area (Å²) in [6, 6.07) is 6.29. The van der Waals surface area contributed by atoms with Gasteiger partial charge in [-0.3, -0.25) is 34.1 Å². The molecule has 1 heterocycles. The zero-order chi connectivity index (χ0) is 67.2. The summed E-state index contributed by atoms with van der Waals surface area (Å²) < 4.78 is 76.8. The summed E-state index contributed by atoms with van der Waals surface area (Å²) in [7, 11) is -3.61. The number of primary amides is 1. The van der Waals surface area contributed by atoms with Crippen LogP contribution in [0.4, 0.5) is 21.0 Å². The molecule has 0 fully saturated rings. The van der Waals surface area contributed by atoms with Crippen LogP contribution in [0.5, 0.6) is 5.75 Å². The first kappa shape index (κ1) is 77.9. The highest BCUT2D eigenvalue weighted by Gasteiger charge is 2.32. The van der Waals surface area contributed by atoms with Crippen LogP contribution < -0.4 is 42.4 Å². The van der Waals surface area contributed by atoms with Crippen molar-refractivity contribution >= 4 is 69.2 Å². The molecule has 8 N–H and O–H groups in total. The molecule has 92 heavy (non-hydrogen) atoms. The lowest BCUT2D eigenvalue weighted by molar-refractivity contribution is -0.384. The highest BCUT2D eigenvalue weighted by Crippen LogP contribution is 2.19. The lowest BCUT2D eigenvalue weighted by Crippen LogP contribution is -2.58. The molecule has 0 saturated carbocycles. The summed E-state index contributed by atoms with van der Waals surface area (Å²) in [4.78, 5) is 120. The van der Waals surface area contributed by atoms with E-state index in [4.69, 9.17) is 53.1 Å². The number of aromatic nitrogens is 2. The number of rotatable bonds is 49. The summed E-state index contributed by atoms with van der Waals surface area (Å²) >= 11 is 0. The van der Waals surface area contributed by atoms with E-state index in [2.05, 4.69) is 53.7 Å². The molecular formula is C59H84N10O22S.